The van der Waals surface area contributed by atoms with Crippen molar-refractivity contribution in [2.45, 2.75) is 35.8 Å². The smallest absolute Gasteiger partial charge is 0.249 e. The summed E-state index contributed by atoms with van der Waals surface area (Å²) in [6.07, 6.45) is 0. The number of nitrogens with zero attached hydrogens (tertiary/aromatic N) is 5. The van der Waals surface area contributed by atoms with Crippen molar-refractivity contribution in [3.8, 4) is 5.75 Å². The van der Waals surface area contributed by atoms with Gasteiger partial charge in [0.15, 0.2) is 15.7 Å². The van der Waals surface area contributed by atoms with Gasteiger partial charge < -0.3 is 24.8 Å². The molecule has 0 bridgehead atoms. The molecule has 13 nitrogen and oxygen atoms in total. The number of sulfone groups is 1. The summed E-state index contributed by atoms with van der Waals surface area (Å²) in [6, 6.07) is 9.16. The number of methoxy groups -OCH3 is 1. The second kappa shape index (κ2) is 12.5. The summed E-state index contributed by atoms with van der Waals surface area (Å²) in [6.45, 7) is 10.1. The van der Waals surface area contributed by atoms with Gasteiger partial charge in [-0.2, -0.15) is 9.29 Å². The van der Waals surface area contributed by atoms with Crippen LogP contribution < -0.4 is 20.7 Å². The molecule has 0 amide bonds. The van der Waals surface area contributed by atoms with Gasteiger partial charge >= 0.3 is 0 Å². The van der Waals surface area contributed by atoms with E-state index >= 15 is 0 Å². The first-order valence-corrected chi connectivity index (χ1v) is 19.2. The van der Waals surface area contributed by atoms with Gasteiger partial charge in [-0.1, -0.05) is 0 Å². The molecule has 0 spiro atoms. The molecule has 234 valence electrons. The van der Waals surface area contributed by atoms with Gasteiger partial charge in [0.25, 0.3) is 0 Å². The maximum atomic E-state index is 13.2. The molecule has 0 aliphatic carbocycles. The molecule has 1 aliphatic rings. The van der Waals surface area contributed by atoms with E-state index in [1.807, 2.05) is 7.05 Å². The minimum atomic E-state index is -3.75. The number of hydrogen-bond acceptors (Lipinski definition) is 12. The zero-order valence-electron chi connectivity index (χ0n) is 25.3. The van der Waals surface area contributed by atoms with Gasteiger partial charge in [-0.3, -0.25) is 0 Å². The highest BCUT2D eigenvalue weighted by atomic mass is 32.2. The molecule has 1 saturated heterocycles. The molecule has 43 heavy (non-hydrogen) atoms. The Morgan fingerprint density at radius 3 is 2.19 bits per heavy atom. The van der Waals surface area contributed by atoms with Crippen LogP contribution in [0, 0.1) is 6.92 Å². The van der Waals surface area contributed by atoms with Gasteiger partial charge in [-0.25, -0.2) is 16.8 Å². The van der Waals surface area contributed by atoms with Crippen LogP contribution >= 0.6 is 7.14 Å². The lowest BCUT2D eigenvalue weighted by Gasteiger charge is -2.31. The third kappa shape index (κ3) is 7.18. The molecule has 0 saturated carbocycles. The standard InChI is InChI=1S/C27H38N7O6PS2/c1-18(2)42(36,37)25-16-20(41(6,7)35)8-10-23(25)28-26-19(3)31-32-27(30-26)29-22-11-9-21(17-24(22)40-5)43(38,39)34-14-12-33(4)13-15-34/h8-11,16-18H,12-15H2,1-7H3,(H2,28,29,30,32). The molecule has 1 fully saturated rings. The first-order valence-electron chi connectivity index (χ1n) is 13.6. The quantitative estimate of drug-likeness (QED) is 0.309. The Bertz CT molecular complexity index is 1770. The van der Waals surface area contributed by atoms with Crippen molar-refractivity contribution in [1.82, 2.24) is 24.4 Å². The number of anilines is 4. The number of rotatable bonds is 10. The molecular weight excluding hydrogens is 613 g/mol. The topological polar surface area (TPSA) is 164 Å². The summed E-state index contributed by atoms with van der Waals surface area (Å²) in [5.41, 5.74) is 1.07. The third-order valence-electron chi connectivity index (χ3n) is 7.14. The Hall–Kier alpha value is -3.10. The Labute approximate surface area is 253 Å². The van der Waals surface area contributed by atoms with Crippen LogP contribution in [0.2, 0.25) is 0 Å². The van der Waals surface area contributed by atoms with Gasteiger partial charge in [0, 0.05) is 37.5 Å². The van der Waals surface area contributed by atoms with Crippen LogP contribution in [0.1, 0.15) is 19.5 Å². The summed E-state index contributed by atoms with van der Waals surface area (Å²) in [5.74, 6) is 0.575. The van der Waals surface area contributed by atoms with E-state index in [0.29, 0.717) is 42.9 Å². The summed E-state index contributed by atoms with van der Waals surface area (Å²) >= 11 is 0. The lowest BCUT2D eigenvalue weighted by atomic mass is 10.3. The Kier molecular flexibility index (Phi) is 9.52. The fraction of sp³-hybridized carbons (Fsp3) is 0.444. The average Bonchev–Trinajstić information content (AvgIpc) is 2.94. The lowest BCUT2D eigenvalue weighted by molar-refractivity contribution is 0.222. The van der Waals surface area contributed by atoms with E-state index in [4.69, 9.17) is 4.74 Å². The van der Waals surface area contributed by atoms with Crippen molar-refractivity contribution in [3.05, 3.63) is 42.1 Å². The normalized spacial score (nSPS) is 15.4. The maximum absolute atomic E-state index is 13.2. The second-order valence-corrected chi connectivity index (χ2v) is 18.6. The van der Waals surface area contributed by atoms with Crippen LogP contribution in [-0.2, 0) is 24.4 Å². The molecule has 2 N–H and O–H groups in total. The monoisotopic (exact) mass is 651 g/mol. The highest BCUT2D eigenvalue weighted by Crippen LogP contribution is 2.38. The van der Waals surface area contributed by atoms with Crippen LogP contribution in [-0.4, -0.2) is 100 Å². The zero-order valence-corrected chi connectivity index (χ0v) is 27.8. The second-order valence-electron chi connectivity index (χ2n) is 11.0. The van der Waals surface area contributed by atoms with Gasteiger partial charge in [0.1, 0.15) is 18.6 Å². The summed E-state index contributed by atoms with van der Waals surface area (Å²) in [5, 5.41) is 14.1. The molecule has 0 radical (unpaired) electrons. The van der Waals surface area contributed by atoms with E-state index in [-0.39, 0.29) is 33.0 Å². The number of piperazine rings is 1. The van der Waals surface area contributed by atoms with Crippen molar-refractivity contribution >= 4 is 55.4 Å². The van der Waals surface area contributed by atoms with E-state index in [0.717, 1.165) is 0 Å². The summed E-state index contributed by atoms with van der Waals surface area (Å²) in [4.78, 5) is 6.69. The largest absolute Gasteiger partial charge is 0.495 e. The molecule has 3 aromatic rings. The molecule has 0 unspecified atom stereocenters. The third-order valence-corrected chi connectivity index (χ3v) is 12.8. The van der Waals surface area contributed by atoms with Crippen molar-refractivity contribution in [3.63, 3.8) is 0 Å². The highest BCUT2D eigenvalue weighted by molar-refractivity contribution is 7.92. The van der Waals surface area contributed by atoms with Gasteiger partial charge in [0.05, 0.1) is 33.5 Å². The van der Waals surface area contributed by atoms with Crippen molar-refractivity contribution < 1.29 is 26.1 Å². The highest BCUT2D eigenvalue weighted by Gasteiger charge is 2.29. The van der Waals surface area contributed by atoms with E-state index in [9.17, 15) is 21.4 Å². The van der Waals surface area contributed by atoms with Crippen LogP contribution in [0.4, 0.5) is 23.1 Å². The maximum Gasteiger partial charge on any atom is 0.249 e. The minimum absolute atomic E-state index is 0.00950. The van der Waals surface area contributed by atoms with Gasteiger partial charge in [-0.05, 0) is 71.5 Å². The molecule has 2 aromatic carbocycles. The van der Waals surface area contributed by atoms with Crippen molar-refractivity contribution in [2.75, 3.05) is 64.3 Å². The molecule has 2 heterocycles. The lowest BCUT2D eigenvalue weighted by Crippen LogP contribution is -2.47. The summed E-state index contributed by atoms with van der Waals surface area (Å²) < 4.78 is 72.6. The number of ether oxygens (including phenoxy) is 1. The molecule has 1 aliphatic heterocycles. The van der Waals surface area contributed by atoms with E-state index in [1.54, 1.807) is 52.3 Å². The number of nitrogens with one attached hydrogen (secondary N) is 2. The van der Waals surface area contributed by atoms with E-state index in [1.165, 1.54) is 29.6 Å². The number of hydrogen-bond donors (Lipinski definition) is 2. The van der Waals surface area contributed by atoms with E-state index in [2.05, 4.69) is 30.7 Å². The molecular formula is C27H38N7O6PS2. The fourth-order valence-electron chi connectivity index (χ4n) is 4.35. The zero-order chi connectivity index (χ0) is 31.7. The molecule has 4 rings (SSSR count). The molecule has 16 heteroatoms. The predicted octanol–water partition coefficient (Wildman–Crippen LogP) is 3.04. The molecule has 0 atom stereocenters. The van der Waals surface area contributed by atoms with Crippen molar-refractivity contribution in [2.24, 2.45) is 0 Å². The first kappa shape index (κ1) is 32.8. The predicted molar refractivity (Wildman–Crippen MR) is 168 cm³/mol. The first-order chi connectivity index (χ1) is 20.0. The Morgan fingerprint density at radius 2 is 1.58 bits per heavy atom. The van der Waals surface area contributed by atoms with Gasteiger partial charge in [-0.15, -0.1) is 10.2 Å². The van der Waals surface area contributed by atoms with Crippen LogP contribution in [0.25, 0.3) is 0 Å². The average molecular weight is 652 g/mol. The summed E-state index contributed by atoms with van der Waals surface area (Å²) in [7, 11) is -6.81. The molecule has 1 aromatic heterocycles. The van der Waals surface area contributed by atoms with Crippen LogP contribution in [0.15, 0.2) is 46.2 Å². The number of benzene rings is 2. The Balaban J connectivity index is 1.65. The van der Waals surface area contributed by atoms with Crippen LogP contribution in [0.5, 0.6) is 5.75 Å². The van der Waals surface area contributed by atoms with Crippen molar-refractivity contribution in [1.29, 1.82) is 0 Å². The number of likely N-dealkylation sites (N-methyl/N-ethyl adjacent to an activating group) is 1. The number of sulfonamides is 1. The number of aromatic nitrogens is 3. The Morgan fingerprint density at radius 1 is 0.930 bits per heavy atom. The van der Waals surface area contributed by atoms with Gasteiger partial charge in [0.2, 0.25) is 16.0 Å². The number of aryl methyl sites for hydroxylation is 1. The van der Waals surface area contributed by atoms with E-state index < -0.39 is 32.3 Å². The SMILES string of the molecule is COc1cc(S(=O)(=O)N2CCN(C)CC2)ccc1Nc1nnc(C)c(Nc2ccc(P(C)(C)=O)cc2S(=O)(=O)C(C)C)n1. The van der Waals surface area contributed by atoms with Crippen LogP contribution in [0.3, 0.4) is 0 Å². The fourth-order valence-corrected chi connectivity index (χ4v) is 7.97. The minimum Gasteiger partial charge on any atom is -0.495 e.